The number of rotatable bonds is 2. The summed E-state index contributed by atoms with van der Waals surface area (Å²) >= 11 is 4.39. The fraction of sp³-hybridized carbons (Fsp3) is 0.143. The largest absolute Gasteiger partial charge is 0.312 e. The third-order valence-corrected chi connectivity index (χ3v) is 4.85. The highest BCUT2D eigenvalue weighted by Gasteiger charge is 2.18. The Bertz CT molecular complexity index is 734. The van der Waals surface area contributed by atoms with Crippen LogP contribution in [0.2, 0.25) is 0 Å². The molecule has 0 atom stereocenters. The van der Waals surface area contributed by atoms with Gasteiger partial charge in [0.25, 0.3) is 5.91 Å². The summed E-state index contributed by atoms with van der Waals surface area (Å²) in [5.41, 5.74) is 1.50. The second-order valence-electron chi connectivity index (χ2n) is 4.15. The number of carbonyl (C=O) groups excluding carboxylic acids is 1. The van der Waals surface area contributed by atoms with E-state index in [2.05, 4.69) is 27.3 Å². The Kier molecular flexibility index (Phi) is 4.21. The number of hydrogen-bond donors (Lipinski definition) is 1. The van der Waals surface area contributed by atoms with E-state index >= 15 is 0 Å². The lowest BCUT2D eigenvalue weighted by Crippen LogP contribution is -2.13. The van der Waals surface area contributed by atoms with Crippen molar-refractivity contribution in [2.24, 2.45) is 0 Å². The Labute approximate surface area is 128 Å². The molecule has 0 saturated carbocycles. The molecule has 2 rings (SSSR count). The molecule has 0 saturated heterocycles. The van der Waals surface area contributed by atoms with Crippen LogP contribution in [-0.4, -0.2) is 5.91 Å². The molecule has 1 N–H and O–H groups in total. The van der Waals surface area contributed by atoms with Crippen molar-refractivity contribution in [1.29, 1.82) is 5.26 Å². The Morgan fingerprint density at radius 2 is 2.15 bits per heavy atom. The van der Waals surface area contributed by atoms with Gasteiger partial charge in [0, 0.05) is 4.88 Å². The molecule has 20 heavy (non-hydrogen) atoms. The quantitative estimate of drug-likeness (QED) is 0.871. The number of carbonyl (C=O) groups is 1. The van der Waals surface area contributed by atoms with Gasteiger partial charge in [-0.3, -0.25) is 4.79 Å². The third-order valence-electron chi connectivity index (χ3n) is 2.92. The number of hydrogen-bond acceptors (Lipinski definition) is 3. The van der Waals surface area contributed by atoms with Gasteiger partial charge in [0.1, 0.15) is 16.9 Å². The molecular formula is C14H10BrFN2OS. The minimum atomic E-state index is -0.503. The van der Waals surface area contributed by atoms with Crippen molar-refractivity contribution in [3.05, 3.63) is 50.1 Å². The van der Waals surface area contributed by atoms with E-state index in [4.69, 9.17) is 5.26 Å². The summed E-state index contributed by atoms with van der Waals surface area (Å²) in [6.45, 7) is 3.72. The first-order valence-electron chi connectivity index (χ1n) is 5.71. The van der Waals surface area contributed by atoms with Gasteiger partial charge < -0.3 is 5.32 Å². The van der Waals surface area contributed by atoms with Crippen molar-refractivity contribution < 1.29 is 9.18 Å². The van der Waals surface area contributed by atoms with Gasteiger partial charge in [-0.25, -0.2) is 4.39 Å². The maximum absolute atomic E-state index is 13.4. The number of thiophene rings is 1. The minimum Gasteiger partial charge on any atom is -0.312 e. The molecule has 1 amide bonds. The van der Waals surface area contributed by atoms with E-state index in [1.165, 1.54) is 29.5 Å². The zero-order valence-electron chi connectivity index (χ0n) is 10.8. The van der Waals surface area contributed by atoms with Crippen LogP contribution in [0.25, 0.3) is 0 Å². The Morgan fingerprint density at radius 1 is 1.45 bits per heavy atom. The number of nitrogens with zero attached hydrogens (tertiary/aromatic N) is 1. The van der Waals surface area contributed by atoms with Gasteiger partial charge in [-0.2, -0.15) is 5.26 Å². The fourth-order valence-electron chi connectivity index (χ4n) is 1.70. The predicted molar refractivity (Wildman–Crippen MR) is 80.6 cm³/mol. The summed E-state index contributed by atoms with van der Waals surface area (Å²) in [5.74, 6) is -0.953. The molecule has 1 aromatic carbocycles. The summed E-state index contributed by atoms with van der Waals surface area (Å²) in [6.07, 6.45) is 0. The van der Waals surface area contributed by atoms with Crippen LogP contribution in [0.4, 0.5) is 9.39 Å². The molecule has 0 aliphatic heterocycles. The van der Waals surface area contributed by atoms with Gasteiger partial charge in [-0.1, -0.05) is 6.07 Å². The standard InChI is InChI=1S/C14H10BrFN2OS/c1-7-8(2)20-14(10(7)6-17)18-13(19)9-4-3-5-11(16)12(9)15/h3-5H,1-2H3,(H,18,19). The molecular weight excluding hydrogens is 343 g/mol. The van der Waals surface area contributed by atoms with Crippen LogP contribution in [0.1, 0.15) is 26.4 Å². The first kappa shape index (κ1) is 14.7. The highest BCUT2D eigenvalue weighted by molar-refractivity contribution is 9.10. The van der Waals surface area contributed by atoms with Crippen molar-refractivity contribution in [1.82, 2.24) is 0 Å². The van der Waals surface area contributed by atoms with Crippen molar-refractivity contribution in [2.45, 2.75) is 13.8 Å². The van der Waals surface area contributed by atoms with E-state index in [9.17, 15) is 9.18 Å². The van der Waals surface area contributed by atoms with Crippen LogP contribution in [0.3, 0.4) is 0 Å². The highest BCUT2D eigenvalue weighted by Crippen LogP contribution is 2.32. The number of halogens is 2. The highest BCUT2D eigenvalue weighted by atomic mass is 79.9. The lowest BCUT2D eigenvalue weighted by molar-refractivity contribution is 0.102. The maximum atomic E-state index is 13.4. The first-order chi connectivity index (χ1) is 9.45. The Morgan fingerprint density at radius 3 is 2.80 bits per heavy atom. The van der Waals surface area contributed by atoms with Crippen molar-refractivity contribution in [3.8, 4) is 6.07 Å². The molecule has 6 heteroatoms. The summed E-state index contributed by atoms with van der Waals surface area (Å²) in [6, 6.07) is 6.32. The summed E-state index contributed by atoms with van der Waals surface area (Å²) in [7, 11) is 0. The van der Waals surface area contributed by atoms with E-state index < -0.39 is 11.7 Å². The predicted octanol–water partition coefficient (Wildman–Crippen LogP) is 4.39. The fourth-order valence-corrected chi connectivity index (χ4v) is 3.15. The number of amides is 1. The number of anilines is 1. The van der Waals surface area contributed by atoms with Crippen molar-refractivity contribution in [3.63, 3.8) is 0 Å². The maximum Gasteiger partial charge on any atom is 0.257 e. The van der Waals surface area contributed by atoms with Crippen molar-refractivity contribution >= 4 is 38.2 Å². The zero-order chi connectivity index (χ0) is 14.9. The lowest BCUT2D eigenvalue weighted by atomic mass is 10.1. The van der Waals surface area contributed by atoms with Crippen molar-refractivity contribution in [2.75, 3.05) is 5.32 Å². The molecule has 0 spiro atoms. The van der Waals surface area contributed by atoms with Crippen LogP contribution < -0.4 is 5.32 Å². The number of benzene rings is 1. The molecule has 3 nitrogen and oxygen atoms in total. The number of nitrogens with one attached hydrogen (secondary N) is 1. The van der Waals surface area contributed by atoms with Gasteiger partial charge >= 0.3 is 0 Å². The Balaban J connectivity index is 2.36. The molecule has 2 aromatic rings. The van der Waals surface area contributed by atoms with E-state index in [0.717, 1.165) is 10.4 Å². The van der Waals surface area contributed by atoms with Crippen LogP contribution >= 0.6 is 27.3 Å². The smallest absolute Gasteiger partial charge is 0.257 e. The van der Waals surface area contributed by atoms with Gasteiger partial charge in [-0.15, -0.1) is 11.3 Å². The molecule has 0 radical (unpaired) electrons. The molecule has 0 bridgehead atoms. The number of aryl methyl sites for hydroxylation is 1. The average Bonchev–Trinajstić information content (AvgIpc) is 2.67. The summed E-state index contributed by atoms with van der Waals surface area (Å²) in [5, 5.41) is 12.3. The molecule has 1 aromatic heterocycles. The molecule has 0 aliphatic rings. The third kappa shape index (κ3) is 2.60. The normalized spacial score (nSPS) is 10.2. The molecule has 0 aliphatic carbocycles. The van der Waals surface area contributed by atoms with Crippen LogP contribution in [0.15, 0.2) is 22.7 Å². The zero-order valence-corrected chi connectivity index (χ0v) is 13.2. The van der Waals surface area contributed by atoms with Crippen LogP contribution in [0.5, 0.6) is 0 Å². The molecule has 0 unspecified atom stereocenters. The first-order valence-corrected chi connectivity index (χ1v) is 7.32. The van der Waals surface area contributed by atoms with Gasteiger partial charge in [0.15, 0.2) is 0 Å². The number of nitriles is 1. The average molecular weight is 353 g/mol. The van der Waals surface area contributed by atoms with Gasteiger partial charge in [0.2, 0.25) is 0 Å². The van der Waals surface area contributed by atoms with E-state index in [1.54, 1.807) is 0 Å². The second-order valence-corrected chi connectivity index (χ2v) is 6.17. The van der Waals surface area contributed by atoms with Gasteiger partial charge in [0.05, 0.1) is 15.6 Å². The van der Waals surface area contributed by atoms with Crippen LogP contribution in [-0.2, 0) is 0 Å². The minimum absolute atomic E-state index is 0.112. The monoisotopic (exact) mass is 352 g/mol. The SMILES string of the molecule is Cc1sc(NC(=O)c2cccc(F)c2Br)c(C#N)c1C. The summed E-state index contributed by atoms with van der Waals surface area (Å²) < 4.78 is 13.5. The molecule has 0 fully saturated rings. The van der Waals surface area contributed by atoms with E-state index in [1.807, 2.05) is 13.8 Å². The summed E-state index contributed by atoms with van der Waals surface area (Å²) in [4.78, 5) is 13.1. The van der Waals surface area contributed by atoms with Crippen LogP contribution in [0, 0.1) is 31.0 Å². The molecule has 1 heterocycles. The van der Waals surface area contributed by atoms with E-state index in [-0.39, 0.29) is 10.0 Å². The van der Waals surface area contributed by atoms with E-state index in [0.29, 0.717) is 10.6 Å². The lowest BCUT2D eigenvalue weighted by Gasteiger charge is -2.06. The topological polar surface area (TPSA) is 52.9 Å². The Hall–Kier alpha value is -1.71. The van der Waals surface area contributed by atoms with Gasteiger partial charge in [-0.05, 0) is 47.5 Å². The second kappa shape index (κ2) is 5.73. The molecule has 102 valence electrons.